The highest BCUT2D eigenvalue weighted by Gasteiger charge is 2.53. The van der Waals surface area contributed by atoms with E-state index in [0.717, 1.165) is 24.1 Å². The molecule has 4 rings (SSSR count). The van der Waals surface area contributed by atoms with Gasteiger partial charge in [0.2, 0.25) is 0 Å². The van der Waals surface area contributed by atoms with Crippen molar-refractivity contribution in [3.05, 3.63) is 42.0 Å². The molecule has 1 saturated heterocycles. The Morgan fingerprint density at radius 1 is 1.15 bits per heavy atom. The van der Waals surface area contributed by atoms with Crippen LogP contribution in [0.5, 0.6) is 0 Å². The lowest BCUT2D eigenvalue weighted by molar-refractivity contribution is -0.00694. The summed E-state index contributed by atoms with van der Waals surface area (Å²) in [6.07, 6.45) is 3.78. The second-order valence-electron chi connectivity index (χ2n) is 8.83. The lowest BCUT2D eigenvalue weighted by Crippen LogP contribution is -2.48. The average Bonchev–Trinajstić information content (AvgIpc) is 3.08. The molecule has 0 spiro atoms. The summed E-state index contributed by atoms with van der Waals surface area (Å²) in [5.74, 6) is 0.974. The van der Waals surface area contributed by atoms with E-state index >= 15 is 0 Å². The van der Waals surface area contributed by atoms with Crippen molar-refractivity contribution < 1.29 is 14.0 Å². The van der Waals surface area contributed by atoms with Crippen LogP contribution in [0.2, 0.25) is 0 Å². The Kier molecular flexibility index (Phi) is 4.25. The molecule has 7 heteroatoms. The molecule has 0 atom stereocenters. The topological polar surface area (TPSA) is 58.4 Å². The van der Waals surface area contributed by atoms with E-state index in [4.69, 9.17) is 14.0 Å². The summed E-state index contributed by atoms with van der Waals surface area (Å²) in [6.45, 7) is 8.31. The number of nitrogens with zero attached hydrogens (tertiary/aromatic N) is 3. The van der Waals surface area contributed by atoms with Crippen molar-refractivity contribution in [1.82, 2.24) is 14.8 Å². The lowest BCUT2D eigenvalue weighted by atomic mass is 9.61. The van der Waals surface area contributed by atoms with Crippen LogP contribution < -0.4 is 5.46 Å². The maximum Gasteiger partial charge on any atom is 0.494 e. The molecule has 6 nitrogen and oxygen atoms in total. The SMILES string of the molecule is COC1CC(c2cccc(B3OC(C)(C)C(C)(C)O3)c2)(c2nncn2C)C1. The molecule has 0 amide bonds. The molecule has 1 aliphatic heterocycles. The normalized spacial score (nSPS) is 29.0. The second-order valence-corrected chi connectivity index (χ2v) is 8.83. The van der Waals surface area contributed by atoms with E-state index in [1.165, 1.54) is 5.56 Å². The van der Waals surface area contributed by atoms with E-state index < -0.39 is 0 Å². The fourth-order valence-electron chi connectivity index (χ4n) is 4.11. The van der Waals surface area contributed by atoms with Crippen LogP contribution in [0.1, 0.15) is 51.9 Å². The molecule has 1 aromatic heterocycles. The standard InChI is InChI=1S/C20H28BN3O3/c1-18(2)19(3,4)27-21(26-18)15-9-7-8-14(10-15)20(11-16(12-20)25-6)17-23-22-13-24(17)5/h7-10,13,16H,11-12H2,1-6H3. The zero-order valence-corrected chi connectivity index (χ0v) is 17.0. The summed E-state index contributed by atoms with van der Waals surface area (Å²) in [7, 11) is 3.39. The molecule has 2 fully saturated rings. The summed E-state index contributed by atoms with van der Waals surface area (Å²) in [4.78, 5) is 0. The first-order chi connectivity index (χ1) is 12.7. The minimum Gasteiger partial charge on any atom is -0.399 e. The Morgan fingerprint density at radius 3 is 2.37 bits per heavy atom. The van der Waals surface area contributed by atoms with Crippen molar-refractivity contribution >= 4 is 12.6 Å². The van der Waals surface area contributed by atoms with Gasteiger partial charge in [-0.3, -0.25) is 0 Å². The van der Waals surface area contributed by atoms with Gasteiger partial charge >= 0.3 is 7.12 Å². The molecule has 0 radical (unpaired) electrons. The molecule has 144 valence electrons. The minimum absolute atomic E-state index is 0.189. The Morgan fingerprint density at radius 2 is 1.81 bits per heavy atom. The third-order valence-corrected chi connectivity index (χ3v) is 6.59. The van der Waals surface area contributed by atoms with Gasteiger partial charge in [0.05, 0.1) is 22.7 Å². The molecule has 0 N–H and O–H groups in total. The van der Waals surface area contributed by atoms with Gasteiger partial charge < -0.3 is 18.6 Å². The van der Waals surface area contributed by atoms with E-state index in [-0.39, 0.29) is 29.8 Å². The number of hydrogen-bond acceptors (Lipinski definition) is 5. The molecule has 0 bridgehead atoms. The summed E-state index contributed by atoms with van der Waals surface area (Å²) in [6, 6.07) is 8.51. The predicted octanol–water partition coefficient (Wildman–Crippen LogP) is 2.21. The van der Waals surface area contributed by atoms with Crippen LogP contribution in [0.25, 0.3) is 0 Å². The second kappa shape index (κ2) is 6.16. The zero-order valence-electron chi connectivity index (χ0n) is 17.0. The van der Waals surface area contributed by atoms with Crippen molar-refractivity contribution in [2.24, 2.45) is 7.05 Å². The predicted molar refractivity (Wildman–Crippen MR) is 104 cm³/mol. The molecule has 1 saturated carbocycles. The van der Waals surface area contributed by atoms with Crippen LogP contribution in [-0.4, -0.2) is 46.3 Å². The van der Waals surface area contributed by atoms with Crippen molar-refractivity contribution in [1.29, 1.82) is 0 Å². The van der Waals surface area contributed by atoms with Gasteiger partial charge in [-0.15, -0.1) is 10.2 Å². The molecule has 0 unspecified atom stereocenters. The van der Waals surface area contributed by atoms with Crippen molar-refractivity contribution in [2.45, 2.75) is 63.3 Å². The van der Waals surface area contributed by atoms with E-state index in [2.05, 4.69) is 62.2 Å². The summed E-state index contributed by atoms with van der Waals surface area (Å²) in [5.41, 5.74) is 1.35. The number of aryl methyl sites for hydroxylation is 1. The molecule has 1 aromatic carbocycles. The van der Waals surface area contributed by atoms with Crippen LogP contribution in [-0.2, 0) is 26.5 Å². The Hall–Kier alpha value is -1.70. The maximum absolute atomic E-state index is 6.25. The largest absolute Gasteiger partial charge is 0.494 e. The summed E-state index contributed by atoms with van der Waals surface area (Å²) < 4.78 is 20.1. The number of hydrogen-bond donors (Lipinski definition) is 0. The van der Waals surface area contributed by atoms with Crippen LogP contribution in [0.3, 0.4) is 0 Å². The summed E-state index contributed by atoms with van der Waals surface area (Å²) >= 11 is 0. The molecule has 1 aliphatic carbocycles. The highest BCUT2D eigenvalue weighted by Crippen LogP contribution is 2.49. The molecule has 2 heterocycles. The maximum atomic E-state index is 6.25. The van der Waals surface area contributed by atoms with Crippen molar-refractivity contribution in [2.75, 3.05) is 7.11 Å². The van der Waals surface area contributed by atoms with Crippen LogP contribution in [0.4, 0.5) is 0 Å². The average molecular weight is 369 g/mol. The number of aromatic nitrogens is 3. The first-order valence-electron chi connectivity index (χ1n) is 9.52. The van der Waals surface area contributed by atoms with Gasteiger partial charge in [-0.25, -0.2) is 0 Å². The zero-order chi connectivity index (χ0) is 19.4. The Balaban J connectivity index is 1.70. The van der Waals surface area contributed by atoms with Gasteiger partial charge in [0.25, 0.3) is 0 Å². The van der Waals surface area contributed by atoms with E-state index in [1.54, 1.807) is 13.4 Å². The quantitative estimate of drug-likeness (QED) is 0.774. The fourth-order valence-corrected chi connectivity index (χ4v) is 4.11. The number of methoxy groups -OCH3 is 1. The molecule has 27 heavy (non-hydrogen) atoms. The van der Waals surface area contributed by atoms with Crippen LogP contribution in [0.15, 0.2) is 30.6 Å². The van der Waals surface area contributed by atoms with Gasteiger partial charge in [0.1, 0.15) is 12.2 Å². The first kappa shape index (κ1) is 18.7. The number of benzene rings is 1. The fraction of sp³-hybridized carbons (Fsp3) is 0.600. The van der Waals surface area contributed by atoms with E-state index in [9.17, 15) is 0 Å². The smallest absolute Gasteiger partial charge is 0.399 e. The molecular weight excluding hydrogens is 341 g/mol. The Bertz CT molecular complexity index is 827. The Labute approximate surface area is 161 Å². The first-order valence-corrected chi connectivity index (χ1v) is 9.52. The molecular formula is C20H28BN3O3. The van der Waals surface area contributed by atoms with Crippen LogP contribution in [0, 0.1) is 0 Å². The van der Waals surface area contributed by atoms with Crippen LogP contribution >= 0.6 is 0 Å². The molecule has 2 aromatic rings. The monoisotopic (exact) mass is 369 g/mol. The van der Waals surface area contributed by atoms with Gasteiger partial charge in [0, 0.05) is 14.2 Å². The van der Waals surface area contributed by atoms with Gasteiger partial charge in [0.15, 0.2) is 0 Å². The van der Waals surface area contributed by atoms with Crippen molar-refractivity contribution in [3.63, 3.8) is 0 Å². The third kappa shape index (κ3) is 2.84. The van der Waals surface area contributed by atoms with E-state index in [0.29, 0.717) is 0 Å². The van der Waals surface area contributed by atoms with E-state index in [1.807, 2.05) is 11.6 Å². The van der Waals surface area contributed by atoms with Gasteiger partial charge in [-0.2, -0.15) is 0 Å². The van der Waals surface area contributed by atoms with Crippen molar-refractivity contribution in [3.8, 4) is 0 Å². The number of rotatable bonds is 4. The lowest BCUT2D eigenvalue weighted by Gasteiger charge is -2.46. The minimum atomic E-state index is -0.371. The number of ether oxygens (including phenoxy) is 1. The van der Waals surface area contributed by atoms with Gasteiger partial charge in [-0.1, -0.05) is 24.3 Å². The highest BCUT2D eigenvalue weighted by atomic mass is 16.7. The third-order valence-electron chi connectivity index (χ3n) is 6.59. The molecule has 2 aliphatic rings. The summed E-state index contributed by atoms with van der Waals surface area (Å²) in [5, 5.41) is 8.53. The highest BCUT2D eigenvalue weighted by molar-refractivity contribution is 6.62. The van der Waals surface area contributed by atoms with Gasteiger partial charge in [-0.05, 0) is 51.6 Å².